The lowest BCUT2D eigenvalue weighted by atomic mass is 10.1. The number of aromatic nitrogens is 1. The molecule has 0 N–H and O–H groups in total. The summed E-state index contributed by atoms with van der Waals surface area (Å²) in [5.74, 6) is 2.31. The summed E-state index contributed by atoms with van der Waals surface area (Å²) in [5, 5.41) is 0. The Kier molecular flexibility index (Phi) is 3.28. The van der Waals surface area contributed by atoms with E-state index >= 15 is 0 Å². The molecule has 0 spiro atoms. The van der Waals surface area contributed by atoms with Crippen molar-refractivity contribution < 1.29 is 0 Å². The summed E-state index contributed by atoms with van der Waals surface area (Å²) in [5.41, 5.74) is 2.46. The predicted octanol–water partition coefficient (Wildman–Crippen LogP) is 2.78. The molecular formula is C14H17N3S. The van der Waals surface area contributed by atoms with E-state index in [0.29, 0.717) is 0 Å². The van der Waals surface area contributed by atoms with Gasteiger partial charge in [0, 0.05) is 24.5 Å². The first-order valence-corrected chi connectivity index (χ1v) is 7.63. The molecule has 4 heteroatoms. The summed E-state index contributed by atoms with van der Waals surface area (Å²) < 4.78 is 0. The van der Waals surface area contributed by atoms with Crippen molar-refractivity contribution in [1.29, 1.82) is 0 Å². The molecule has 0 fully saturated rings. The third kappa shape index (κ3) is 2.12. The minimum Gasteiger partial charge on any atom is -0.358 e. The number of thioether (sulfide) groups is 1. The Hall–Kier alpha value is -1.42. The topological polar surface area (TPSA) is 19.4 Å². The van der Waals surface area contributed by atoms with Gasteiger partial charge in [-0.15, -0.1) is 0 Å². The smallest absolute Gasteiger partial charge is 0.141 e. The molecule has 0 amide bonds. The highest BCUT2D eigenvalue weighted by Crippen LogP contribution is 2.31. The van der Waals surface area contributed by atoms with E-state index in [1.165, 1.54) is 23.4 Å². The first kappa shape index (κ1) is 11.7. The Morgan fingerprint density at radius 1 is 1.39 bits per heavy atom. The van der Waals surface area contributed by atoms with E-state index in [9.17, 15) is 0 Å². The molecule has 1 aromatic heterocycles. The van der Waals surface area contributed by atoms with E-state index in [2.05, 4.69) is 45.5 Å². The molecule has 0 aromatic carbocycles. The lowest BCUT2D eigenvalue weighted by Gasteiger charge is -2.25. The van der Waals surface area contributed by atoms with Crippen LogP contribution < -0.4 is 4.90 Å². The van der Waals surface area contributed by atoms with Crippen molar-refractivity contribution in [2.45, 2.75) is 6.42 Å². The number of hydrogen-bond acceptors (Lipinski definition) is 4. The largest absolute Gasteiger partial charge is 0.358 e. The van der Waals surface area contributed by atoms with Gasteiger partial charge in [-0.3, -0.25) is 0 Å². The predicted molar refractivity (Wildman–Crippen MR) is 78.4 cm³/mol. The molecule has 0 unspecified atom stereocenters. The average molecular weight is 259 g/mol. The van der Waals surface area contributed by atoms with Crippen LogP contribution in [0, 0.1) is 0 Å². The number of nitrogens with zero attached hydrogens (tertiary/aromatic N) is 3. The van der Waals surface area contributed by atoms with E-state index in [1.54, 1.807) is 0 Å². The Morgan fingerprint density at radius 3 is 3.22 bits per heavy atom. The molecule has 0 bridgehead atoms. The number of hydrogen-bond donors (Lipinski definition) is 0. The van der Waals surface area contributed by atoms with Gasteiger partial charge < -0.3 is 9.80 Å². The van der Waals surface area contributed by atoms with Crippen molar-refractivity contribution in [3.8, 4) is 0 Å². The molecule has 1 aromatic rings. The van der Waals surface area contributed by atoms with Crippen molar-refractivity contribution in [1.82, 2.24) is 9.88 Å². The maximum atomic E-state index is 4.50. The molecule has 2 aliphatic heterocycles. The second kappa shape index (κ2) is 5.06. The van der Waals surface area contributed by atoms with Crippen LogP contribution in [0.1, 0.15) is 12.0 Å². The Morgan fingerprint density at radius 2 is 2.33 bits per heavy atom. The second-order valence-corrected chi connectivity index (χ2v) is 5.52. The average Bonchev–Trinajstić information content (AvgIpc) is 2.82. The standard InChI is InChI=1S/C14H17N3S/c1-18-9-3-8-16-10-13-6-5-12-4-2-7-15-14(12)17(13)11-16/h2,4-7,10H,3,8-9,11H2,1H3. The molecule has 2 aliphatic rings. The van der Waals surface area contributed by atoms with Gasteiger partial charge in [-0.2, -0.15) is 11.8 Å². The zero-order chi connectivity index (χ0) is 12.4. The highest BCUT2D eigenvalue weighted by Gasteiger charge is 2.25. The van der Waals surface area contributed by atoms with Crippen LogP contribution in [-0.4, -0.2) is 35.1 Å². The fourth-order valence-electron chi connectivity index (χ4n) is 2.37. The van der Waals surface area contributed by atoms with Crippen LogP contribution in [-0.2, 0) is 0 Å². The van der Waals surface area contributed by atoms with Crippen LogP contribution in [0.2, 0.25) is 0 Å². The van der Waals surface area contributed by atoms with Gasteiger partial charge in [0.15, 0.2) is 0 Å². The first-order valence-electron chi connectivity index (χ1n) is 6.24. The third-order valence-corrected chi connectivity index (χ3v) is 3.95. The van der Waals surface area contributed by atoms with Gasteiger partial charge in [0.05, 0.1) is 12.4 Å². The van der Waals surface area contributed by atoms with E-state index in [4.69, 9.17) is 0 Å². The second-order valence-electron chi connectivity index (χ2n) is 4.53. The molecule has 3 rings (SSSR count). The number of fused-ring (bicyclic) bond motifs is 3. The Bertz CT molecular complexity index is 496. The summed E-state index contributed by atoms with van der Waals surface area (Å²) >= 11 is 1.91. The fourth-order valence-corrected chi connectivity index (χ4v) is 2.79. The Labute approximate surface area is 112 Å². The summed E-state index contributed by atoms with van der Waals surface area (Å²) in [6.45, 7) is 2.05. The van der Waals surface area contributed by atoms with Gasteiger partial charge >= 0.3 is 0 Å². The van der Waals surface area contributed by atoms with Crippen LogP contribution in [0.4, 0.5) is 5.82 Å². The van der Waals surface area contributed by atoms with Crippen molar-refractivity contribution in [3.63, 3.8) is 0 Å². The van der Waals surface area contributed by atoms with Gasteiger partial charge in [-0.05, 0) is 42.7 Å². The summed E-state index contributed by atoms with van der Waals surface area (Å²) in [7, 11) is 0. The third-order valence-electron chi connectivity index (χ3n) is 3.25. The van der Waals surface area contributed by atoms with Gasteiger partial charge in [-0.1, -0.05) is 0 Å². The molecule has 0 atom stereocenters. The highest BCUT2D eigenvalue weighted by molar-refractivity contribution is 7.98. The Balaban J connectivity index is 1.74. The van der Waals surface area contributed by atoms with Gasteiger partial charge in [0.2, 0.25) is 0 Å². The van der Waals surface area contributed by atoms with Crippen LogP contribution >= 0.6 is 11.8 Å². The lowest BCUT2D eigenvalue weighted by molar-refractivity contribution is 0.406. The van der Waals surface area contributed by atoms with E-state index in [0.717, 1.165) is 19.0 Å². The molecule has 0 saturated heterocycles. The minimum atomic E-state index is 0.929. The SMILES string of the molecule is CSCCCN1C=C2C=Cc3cccnc3N2C1. The summed E-state index contributed by atoms with van der Waals surface area (Å²) in [6, 6.07) is 4.11. The maximum absolute atomic E-state index is 4.50. The summed E-state index contributed by atoms with van der Waals surface area (Å²) in [4.78, 5) is 9.16. The number of pyridine rings is 1. The van der Waals surface area contributed by atoms with Crippen LogP contribution in [0.15, 0.2) is 36.3 Å². The van der Waals surface area contributed by atoms with Crippen LogP contribution in [0.5, 0.6) is 0 Å². The minimum absolute atomic E-state index is 0.929. The van der Waals surface area contributed by atoms with Crippen molar-refractivity contribution in [2.75, 3.05) is 30.1 Å². The van der Waals surface area contributed by atoms with E-state index < -0.39 is 0 Å². The van der Waals surface area contributed by atoms with Gasteiger partial charge in [-0.25, -0.2) is 4.98 Å². The lowest BCUT2D eigenvalue weighted by Crippen LogP contribution is -2.29. The van der Waals surface area contributed by atoms with Crippen molar-refractivity contribution in [2.24, 2.45) is 0 Å². The zero-order valence-electron chi connectivity index (χ0n) is 10.5. The van der Waals surface area contributed by atoms with Crippen LogP contribution in [0.25, 0.3) is 6.08 Å². The van der Waals surface area contributed by atoms with Crippen LogP contribution in [0.3, 0.4) is 0 Å². The van der Waals surface area contributed by atoms with Crippen molar-refractivity contribution in [3.05, 3.63) is 41.9 Å². The molecular weight excluding hydrogens is 242 g/mol. The van der Waals surface area contributed by atoms with E-state index in [1.807, 2.05) is 24.0 Å². The van der Waals surface area contributed by atoms with Gasteiger partial charge in [0.25, 0.3) is 0 Å². The van der Waals surface area contributed by atoms with Crippen molar-refractivity contribution >= 4 is 23.7 Å². The molecule has 0 aliphatic carbocycles. The quantitative estimate of drug-likeness (QED) is 0.774. The van der Waals surface area contributed by atoms with Gasteiger partial charge in [0.1, 0.15) is 5.82 Å². The maximum Gasteiger partial charge on any atom is 0.141 e. The molecule has 18 heavy (non-hydrogen) atoms. The highest BCUT2D eigenvalue weighted by atomic mass is 32.2. The molecule has 0 saturated carbocycles. The molecule has 3 heterocycles. The fraction of sp³-hybridized carbons (Fsp3) is 0.357. The van der Waals surface area contributed by atoms with E-state index in [-0.39, 0.29) is 0 Å². The number of allylic oxidation sites excluding steroid dienone is 1. The zero-order valence-corrected chi connectivity index (χ0v) is 11.4. The molecule has 0 radical (unpaired) electrons. The molecule has 3 nitrogen and oxygen atoms in total. The normalized spacial score (nSPS) is 16.6. The summed E-state index contributed by atoms with van der Waals surface area (Å²) in [6.07, 6.45) is 11.8. The number of anilines is 1. The monoisotopic (exact) mass is 259 g/mol. The first-order chi connectivity index (χ1) is 8.88. The molecule has 94 valence electrons. The number of rotatable bonds is 4.